The minimum atomic E-state index is -0.316. The monoisotopic (exact) mass is 243 g/mol. The van der Waals surface area contributed by atoms with Gasteiger partial charge < -0.3 is 15.4 Å². The van der Waals surface area contributed by atoms with Crippen molar-refractivity contribution in [2.45, 2.75) is 26.2 Å². The van der Waals surface area contributed by atoms with Gasteiger partial charge in [-0.1, -0.05) is 11.6 Å². The van der Waals surface area contributed by atoms with E-state index in [1.807, 2.05) is 11.8 Å². The van der Waals surface area contributed by atoms with Gasteiger partial charge in [0.1, 0.15) is 6.23 Å². The van der Waals surface area contributed by atoms with Gasteiger partial charge in [0.05, 0.1) is 18.3 Å². The van der Waals surface area contributed by atoms with Crippen LogP contribution in [0.1, 0.15) is 12.6 Å². The Balaban J connectivity index is 2.19. The van der Waals surface area contributed by atoms with Gasteiger partial charge >= 0.3 is 0 Å². The molecule has 1 fully saturated rings. The minimum Gasteiger partial charge on any atom is -0.357 e. The molecule has 0 saturated carbocycles. The number of ether oxygens (including phenoxy) is 1. The second-order valence-corrected chi connectivity index (χ2v) is 4.24. The first kappa shape index (κ1) is 11.5. The standard InChI is InChI=1S/C9H14ClN5O/c1-5-3-15(4-7(11)16-5)9-12-6(2)8(10)13-14-9/h5,7H,3-4,11H2,1-2H3/t5-,7+/m0/s1. The predicted octanol–water partition coefficient (Wildman–Crippen LogP) is 0.343. The van der Waals surface area contributed by atoms with Crippen molar-refractivity contribution < 1.29 is 4.74 Å². The normalized spacial score (nSPS) is 25.9. The lowest BCUT2D eigenvalue weighted by Gasteiger charge is -2.34. The SMILES string of the molecule is Cc1nc(N2C[C@H](C)O[C@@H](N)C2)nnc1Cl. The summed E-state index contributed by atoms with van der Waals surface area (Å²) in [5.74, 6) is 0.549. The third-order valence-corrected chi connectivity index (χ3v) is 2.71. The van der Waals surface area contributed by atoms with Gasteiger partial charge in [0.25, 0.3) is 0 Å². The molecule has 0 aromatic carbocycles. The van der Waals surface area contributed by atoms with Crippen molar-refractivity contribution >= 4 is 17.5 Å². The van der Waals surface area contributed by atoms with E-state index in [4.69, 9.17) is 22.1 Å². The molecule has 0 spiro atoms. The summed E-state index contributed by atoms with van der Waals surface area (Å²) in [4.78, 5) is 6.23. The molecule has 0 unspecified atom stereocenters. The van der Waals surface area contributed by atoms with Crippen molar-refractivity contribution in [1.29, 1.82) is 0 Å². The number of anilines is 1. The molecule has 1 saturated heterocycles. The van der Waals surface area contributed by atoms with Gasteiger partial charge in [-0.15, -0.1) is 10.2 Å². The Morgan fingerprint density at radius 3 is 2.81 bits per heavy atom. The first-order valence-electron chi connectivity index (χ1n) is 5.09. The first-order valence-corrected chi connectivity index (χ1v) is 5.47. The van der Waals surface area contributed by atoms with Crippen LogP contribution in [0.3, 0.4) is 0 Å². The lowest BCUT2D eigenvalue weighted by atomic mass is 10.3. The van der Waals surface area contributed by atoms with E-state index in [0.717, 1.165) is 0 Å². The molecule has 7 heteroatoms. The number of aromatic nitrogens is 3. The Morgan fingerprint density at radius 1 is 1.44 bits per heavy atom. The van der Waals surface area contributed by atoms with Crippen LogP contribution in [0.25, 0.3) is 0 Å². The lowest BCUT2D eigenvalue weighted by molar-refractivity contribution is -0.0125. The summed E-state index contributed by atoms with van der Waals surface area (Å²) in [6, 6.07) is 0. The topological polar surface area (TPSA) is 77.2 Å². The summed E-state index contributed by atoms with van der Waals surface area (Å²) in [6.45, 7) is 5.02. The smallest absolute Gasteiger partial charge is 0.245 e. The number of rotatable bonds is 1. The molecule has 2 rings (SSSR count). The summed E-state index contributed by atoms with van der Waals surface area (Å²) < 4.78 is 5.43. The van der Waals surface area contributed by atoms with Crippen LogP contribution >= 0.6 is 11.6 Å². The highest BCUT2D eigenvalue weighted by molar-refractivity contribution is 6.29. The van der Waals surface area contributed by atoms with Gasteiger partial charge in [0.2, 0.25) is 5.95 Å². The van der Waals surface area contributed by atoms with E-state index in [2.05, 4.69) is 15.2 Å². The Kier molecular flexibility index (Phi) is 3.22. The summed E-state index contributed by atoms with van der Waals surface area (Å²) in [6.07, 6.45) is -0.258. The molecule has 88 valence electrons. The van der Waals surface area contributed by atoms with Crippen LogP contribution in [-0.4, -0.2) is 40.6 Å². The third-order valence-electron chi connectivity index (χ3n) is 2.36. The molecule has 2 N–H and O–H groups in total. The highest BCUT2D eigenvalue weighted by Crippen LogP contribution is 2.16. The molecule has 1 aromatic rings. The van der Waals surface area contributed by atoms with Gasteiger partial charge in [0.15, 0.2) is 5.15 Å². The third kappa shape index (κ3) is 2.40. The second-order valence-electron chi connectivity index (χ2n) is 3.88. The van der Waals surface area contributed by atoms with Crippen LogP contribution in [-0.2, 0) is 4.74 Å². The number of hydrogen-bond acceptors (Lipinski definition) is 6. The maximum atomic E-state index is 5.77. The molecule has 0 radical (unpaired) electrons. The Morgan fingerprint density at radius 2 is 2.19 bits per heavy atom. The van der Waals surface area contributed by atoms with Crippen LogP contribution in [0, 0.1) is 6.92 Å². The molecule has 0 amide bonds. The van der Waals surface area contributed by atoms with Crippen molar-refractivity contribution in [3.05, 3.63) is 10.8 Å². The Labute approximate surface area is 98.8 Å². The van der Waals surface area contributed by atoms with Crippen LogP contribution in [0.4, 0.5) is 5.95 Å². The summed E-state index contributed by atoms with van der Waals surface area (Å²) in [7, 11) is 0. The zero-order chi connectivity index (χ0) is 11.7. The number of nitrogens with two attached hydrogens (primary N) is 1. The van der Waals surface area contributed by atoms with E-state index < -0.39 is 0 Å². The number of morpholine rings is 1. The maximum absolute atomic E-state index is 5.77. The number of nitrogens with zero attached hydrogens (tertiary/aromatic N) is 4. The van der Waals surface area contributed by atoms with Gasteiger partial charge in [-0.05, 0) is 13.8 Å². The van der Waals surface area contributed by atoms with E-state index in [9.17, 15) is 0 Å². The van der Waals surface area contributed by atoms with E-state index in [1.165, 1.54) is 0 Å². The average molecular weight is 244 g/mol. The number of aryl methyl sites for hydroxylation is 1. The van der Waals surface area contributed by atoms with Crippen LogP contribution in [0.2, 0.25) is 5.15 Å². The number of hydrogen-bond donors (Lipinski definition) is 1. The molecular formula is C9H14ClN5O. The maximum Gasteiger partial charge on any atom is 0.245 e. The van der Waals surface area contributed by atoms with E-state index in [1.54, 1.807) is 6.92 Å². The van der Waals surface area contributed by atoms with E-state index >= 15 is 0 Å². The van der Waals surface area contributed by atoms with Crippen LogP contribution < -0.4 is 10.6 Å². The molecule has 2 atom stereocenters. The molecule has 1 aromatic heterocycles. The highest BCUT2D eigenvalue weighted by atomic mass is 35.5. The fourth-order valence-corrected chi connectivity index (χ4v) is 1.74. The molecule has 1 aliphatic rings. The minimum absolute atomic E-state index is 0.0586. The highest BCUT2D eigenvalue weighted by Gasteiger charge is 2.24. The van der Waals surface area contributed by atoms with Gasteiger partial charge in [-0.2, -0.15) is 0 Å². The second kappa shape index (κ2) is 4.48. The Hall–Kier alpha value is -0.980. The molecule has 0 bridgehead atoms. The van der Waals surface area contributed by atoms with Gasteiger partial charge in [0, 0.05) is 6.54 Å². The zero-order valence-corrected chi connectivity index (χ0v) is 9.98. The van der Waals surface area contributed by atoms with E-state index in [-0.39, 0.29) is 12.3 Å². The largest absolute Gasteiger partial charge is 0.357 e. The molecule has 0 aliphatic carbocycles. The Bertz CT molecular complexity index is 378. The first-order chi connectivity index (χ1) is 7.56. The molecular weight excluding hydrogens is 230 g/mol. The van der Waals surface area contributed by atoms with Crippen LogP contribution in [0.5, 0.6) is 0 Å². The summed E-state index contributed by atoms with van der Waals surface area (Å²) >= 11 is 5.77. The quantitative estimate of drug-likeness (QED) is 0.767. The van der Waals surface area contributed by atoms with Crippen molar-refractivity contribution in [2.24, 2.45) is 5.73 Å². The van der Waals surface area contributed by atoms with Crippen LogP contribution in [0.15, 0.2) is 0 Å². The van der Waals surface area contributed by atoms with Gasteiger partial charge in [-0.25, -0.2) is 4.98 Å². The van der Waals surface area contributed by atoms with Crippen molar-refractivity contribution in [2.75, 3.05) is 18.0 Å². The average Bonchev–Trinajstić information content (AvgIpc) is 2.20. The molecule has 1 aliphatic heterocycles. The van der Waals surface area contributed by atoms with Crippen molar-refractivity contribution in [3.63, 3.8) is 0 Å². The lowest BCUT2D eigenvalue weighted by Crippen LogP contribution is -2.51. The van der Waals surface area contributed by atoms with Crippen molar-refractivity contribution in [1.82, 2.24) is 15.2 Å². The fourth-order valence-electron chi connectivity index (χ4n) is 1.66. The summed E-state index contributed by atoms with van der Waals surface area (Å²) in [5.41, 5.74) is 6.42. The van der Waals surface area contributed by atoms with Crippen molar-refractivity contribution in [3.8, 4) is 0 Å². The van der Waals surface area contributed by atoms with Gasteiger partial charge in [-0.3, -0.25) is 0 Å². The summed E-state index contributed by atoms with van der Waals surface area (Å²) in [5, 5.41) is 8.12. The zero-order valence-electron chi connectivity index (χ0n) is 9.22. The molecule has 2 heterocycles. The van der Waals surface area contributed by atoms with E-state index in [0.29, 0.717) is 29.9 Å². The molecule has 6 nitrogen and oxygen atoms in total. The number of halogens is 1. The predicted molar refractivity (Wildman–Crippen MR) is 60.3 cm³/mol. The fraction of sp³-hybridized carbons (Fsp3) is 0.667. The molecule has 16 heavy (non-hydrogen) atoms.